The van der Waals surface area contributed by atoms with Crippen molar-refractivity contribution in [2.75, 3.05) is 29.1 Å². The lowest BCUT2D eigenvalue weighted by molar-refractivity contribution is -0.116. The van der Waals surface area contributed by atoms with E-state index in [0.717, 1.165) is 16.7 Å². The van der Waals surface area contributed by atoms with E-state index in [-0.39, 0.29) is 18.1 Å². The number of nitrogens with two attached hydrogens (primary N) is 1. The summed E-state index contributed by atoms with van der Waals surface area (Å²) in [7, 11) is 0. The Hall–Kier alpha value is -2.82. The largest absolute Gasteiger partial charge is 0.491 e. The van der Waals surface area contributed by atoms with Crippen molar-refractivity contribution in [3.63, 3.8) is 0 Å². The Morgan fingerprint density at radius 2 is 2.29 bits per heavy atom. The number of carbonyl (C=O) groups is 2. The molecule has 0 radical (unpaired) electrons. The minimum atomic E-state index is -2.64. The number of imidazole rings is 1. The van der Waals surface area contributed by atoms with E-state index >= 15 is 0 Å². The number of ether oxygens (including phenoxy) is 1. The van der Waals surface area contributed by atoms with Crippen molar-refractivity contribution < 1.29 is 23.1 Å². The van der Waals surface area contributed by atoms with Gasteiger partial charge in [-0.2, -0.15) is 0 Å². The third kappa shape index (κ3) is 3.37. The average Bonchev–Trinajstić information content (AvgIpc) is 3.19. The first-order valence-corrected chi connectivity index (χ1v) is 9.53. The maximum atomic E-state index is 13.3. The highest BCUT2D eigenvalue weighted by Crippen LogP contribution is 2.38. The topological polar surface area (TPSA) is 102 Å². The summed E-state index contributed by atoms with van der Waals surface area (Å²) in [6.45, 7) is 0.785. The van der Waals surface area contributed by atoms with Gasteiger partial charge in [0.05, 0.1) is 18.7 Å². The molecule has 1 aromatic heterocycles. The zero-order chi connectivity index (χ0) is 19.8. The highest BCUT2D eigenvalue weighted by molar-refractivity contribution is 8.14. The number of rotatable bonds is 5. The molecule has 2 aliphatic heterocycles. The molecule has 8 nitrogen and oxygen atoms in total. The van der Waals surface area contributed by atoms with Gasteiger partial charge < -0.3 is 20.4 Å². The summed E-state index contributed by atoms with van der Waals surface area (Å²) in [6.07, 6.45) is -1.04. The molecule has 2 amide bonds. The Balaban J connectivity index is 1.68. The molecule has 1 aromatic carbocycles. The molecule has 1 saturated heterocycles. The van der Waals surface area contributed by atoms with Crippen molar-refractivity contribution in [1.82, 2.24) is 9.55 Å². The zero-order valence-electron chi connectivity index (χ0n) is 14.6. The van der Waals surface area contributed by atoms with Crippen molar-refractivity contribution in [3.05, 3.63) is 24.4 Å². The van der Waals surface area contributed by atoms with Crippen LogP contribution in [0.2, 0.25) is 0 Å². The fourth-order valence-electron chi connectivity index (χ4n) is 3.17. The first kappa shape index (κ1) is 18.5. The molecule has 0 bridgehead atoms. The maximum absolute atomic E-state index is 13.3. The number of anilines is 2. The molecule has 1 unspecified atom stereocenters. The number of aromatic nitrogens is 2. The smallest absolute Gasteiger partial charge is 0.287 e. The molecule has 3 heterocycles. The fraction of sp³-hybridized carbons (Fsp3) is 0.353. The van der Waals surface area contributed by atoms with Crippen LogP contribution in [0.5, 0.6) is 5.75 Å². The van der Waals surface area contributed by atoms with Crippen LogP contribution < -0.4 is 20.7 Å². The maximum Gasteiger partial charge on any atom is 0.287 e. The molecular formula is C17H17F2N5O3S. The fourth-order valence-corrected chi connectivity index (χ4v) is 4.14. The number of carbonyl (C=O) groups excluding carboxylic acids is 2. The van der Waals surface area contributed by atoms with Gasteiger partial charge in [-0.3, -0.25) is 14.5 Å². The Morgan fingerprint density at radius 1 is 1.46 bits per heavy atom. The number of thioether (sulfide) groups is 1. The van der Waals surface area contributed by atoms with Crippen LogP contribution in [0.25, 0.3) is 11.4 Å². The Morgan fingerprint density at radius 3 is 3.04 bits per heavy atom. The van der Waals surface area contributed by atoms with Gasteiger partial charge in [-0.15, -0.1) is 0 Å². The van der Waals surface area contributed by atoms with Crippen LogP contribution in [0.3, 0.4) is 0 Å². The summed E-state index contributed by atoms with van der Waals surface area (Å²) in [5, 5.41) is 2.46. The number of fused-ring (bicyclic) bond motifs is 3. The van der Waals surface area contributed by atoms with Gasteiger partial charge in [-0.1, -0.05) is 11.8 Å². The van der Waals surface area contributed by atoms with Gasteiger partial charge in [0.1, 0.15) is 24.2 Å². The number of amides is 2. The third-order valence-electron chi connectivity index (χ3n) is 4.49. The summed E-state index contributed by atoms with van der Waals surface area (Å²) in [5.41, 5.74) is 6.46. The van der Waals surface area contributed by atoms with Crippen molar-refractivity contribution in [1.29, 1.82) is 0 Å². The average molecular weight is 409 g/mol. The molecule has 3 N–H and O–H groups in total. The summed E-state index contributed by atoms with van der Waals surface area (Å²) in [4.78, 5) is 28.6. The molecule has 0 aliphatic carbocycles. The molecule has 148 valence electrons. The normalized spacial score (nSPS) is 18.5. The van der Waals surface area contributed by atoms with E-state index < -0.39 is 23.6 Å². The van der Waals surface area contributed by atoms with Gasteiger partial charge in [-0.25, -0.2) is 13.8 Å². The first-order valence-electron chi connectivity index (χ1n) is 8.55. The minimum absolute atomic E-state index is 0.0126. The van der Waals surface area contributed by atoms with E-state index in [1.165, 1.54) is 0 Å². The van der Waals surface area contributed by atoms with Crippen LogP contribution in [0, 0.1) is 0 Å². The third-order valence-corrected chi connectivity index (χ3v) is 5.44. The summed E-state index contributed by atoms with van der Waals surface area (Å²) >= 11 is 0.869. The van der Waals surface area contributed by atoms with Gasteiger partial charge >= 0.3 is 0 Å². The van der Waals surface area contributed by atoms with E-state index in [1.54, 1.807) is 29.0 Å². The van der Waals surface area contributed by atoms with E-state index in [4.69, 9.17) is 10.5 Å². The number of alkyl halides is 2. The molecule has 2 aliphatic rings. The molecule has 1 fully saturated rings. The lowest BCUT2D eigenvalue weighted by Crippen LogP contribution is -2.38. The van der Waals surface area contributed by atoms with E-state index in [1.807, 2.05) is 0 Å². The number of halogens is 2. The van der Waals surface area contributed by atoms with Gasteiger partial charge in [-0.05, 0) is 12.1 Å². The van der Waals surface area contributed by atoms with Crippen LogP contribution in [-0.4, -0.2) is 52.1 Å². The molecule has 28 heavy (non-hydrogen) atoms. The van der Waals surface area contributed by atoms with Crippen LogP contribution in [0.1, 0.15) is 0 Å². The van der Waals surface area contributed by atoms with Gasteiger partial charge in [0, 0.05) is 23.7 Å². The Labute approximate surface area is 163 Å². The number of hydrogen-bond donors (Lipinski definition) is 2. The number of primary amides is 1. The van der Waals surface area contributed by atoms with E-state index in [2.05, 4.69) is 10.3 Å². The van der Waals surface area contributed by atoms with E-state index in [9.17, 15) is 18.4 Å². The molecule has 2 aromatic rings. The van der Waals surface area contributed by atoms with Crippen molar-refractivity contribution in [2.45, 2.75) is 19.0 Å². The highest BCUT2D eigenvalue weighted by atomic mass is 32.2. The van der Waals surface area contributed by atoms with Crippen molar-refractivity contribution in [2.24, 2.45) is 5.73 Å². The molecule has 1 atom stereocenters. The van der Waals surface area contributed by atoms with Gasteiger partial charge in [0.25, 0.3) is 11.7 Å². The summed E-state index contributed by atoms with van der Waals surface area (Å²) in [5.74, 6) is 0.823. The summed E-state index contributed by atoms with van der Waals surface area (Å²) < 4.78 is 34.2. The predicted octanol–water partition coefficient (Wildman–Crippen LogP) is 2.15. The van der Waals surface area contributed by atoms with Gasteiger partial charge in [0.2, 0.25) is 5.91 Å². The lowest BCUT2D eigenvalue weighted by Gasteiger charge is -2.20. The Bertz CT molecular complexity index is 936. The van der Waals surface area contributed by atoms with Crippen LogP contribution >= 0.6 is 11.8 Å². The van der Waals surface area contributed by atoms with E-state index in [0.29, 0.717) is 36.0 Å². The lowest BCUT2D eigenvalue weighted by atomic mass is 10.1. The van der Waals surface area contributed by atoms with Crippen LogP contribution in [0.4, 0.5) is 25.1 Å². The van der Waals surface area contributed by atoms with Crippen LogP contribution in [0.15, 0.2) is 24.4 Å². The number of benzene rings is 1. The summed E-state index contributed by atoms with van der Waals surface area (Å²) in [6, 6.07) is 4.04. The SMILES string of the molecule is NC(=O)CNc1ccc2c(c1)OCCn1cc(N3C(=O)SCC3C(F)F)nc1-2. The Kier molecular flexibility index (Phi) is 4.84. The molecule has 4 rings (SSSR count). The first-order chi connectivity index (χ1) is 13.4. The quantitative estimate of drug-likeness (QED) is 0.785. The van der Waals surface area contributed by atoms with Crippen LogP contribution in [-0.2, 0) is 11.3 Å². The second-order valence-electron chi connectivity index (χ2n) is 6.34. The predicted molar refractivity (Wildman–Crippen MR) is 101 cm³/mol. The molecule has 0 spiro atoms. The minimum Gasteiger partial charge on any atom is -0.491 e. The monoisotopic (exact) mass is 409 g/mol. The second kappa shape index (κ2) is 7.30. The molecular weight excluding hydrogens is 392 g/mol. The number of hydrogen-bond acceptors (Lipinski definition) is 6. The second-order valence-corrected chi connectivity index (χ2v) is 7.32. The zero-order valence-corrected chi connectivity index (χ0v) is 15.4. The number of nitrogens with one attached hydrogen (secondary N) is 1. The van der Waals surface area contributed by atoms with Crippen molar-refractivity contribution >= 4 is 34.4 Å². The molecule has 11 heteroatoms. The highest BCUT2D eigenvalue weighted by Gasteiger charge is 2.40. The van der Waals surface area contributed by atoms with Crippen molar-refractivity contribution in [3.8, 4) is 17.1 Å². The van der Waals surface area contributed by atoms with Gasteiger partial charge in [0.15, 0.2) is 5.82 Å². The standard InChI is InChI=1S/C17H17F2N5O3S/c18-15(19)11-8-28-17(26)24(11)14-7-23-3-4-27-12-5-9(21-6-13(20)25)1-2-10(12)16(23)22-14/h1-2,5,7,11,15,21H,3-4,6,8H2,(H2,20,25). The number of nitrogens with zero attached hydrogens (tertiary/aromatic N) is 3. The molecule has 0 saturated carbocycles.